The van der Waals surface area contributed by atoms with Crippen LogP contribution in [0.2, 0.25) is 0 Å². The van der Waals surface area contributed by atoms with Gasteiger partial charge in [-0.15, -0.1) is 0 Å². The number of methoxy groups -OCH3 is 2. The molecule has 3 aromatic rings. The van der Waals surface area contributed by atoms with E-state index in [1.54, 1.807) is 32.6 Å². The van der Waals surface area contributed by atoms with Crippen molar-refractivity contribution in [2.24, 2.45) is 12.1 Å². The second-order valence-corrected chi connectivity index (χ2v) is 6.23. The van der Waals surface area contributed by atoms with Gasteiger partial charge in [-0.1, -0.05) is 24.3 Å². The largest absolute Gasteiger partial charge is 0.493 e. The lowest BCUT2D eigenvalue weighted by Gasteiger charge is -2.09. The molecule has 0 bridgehead atoms. The summed E-state index contributed by atoms with van der Waals surface area (Å²) in [6, 6.07) is 13.5. The second kappa shape index (κ2) is 7.95. The number of amides is 1. The SMILES string of the molecule is COc1ccc(CC(=O)N/N=C\c2c(C)n(C)c3ccccc23)cc1OC. The number of ether oxygens (including phenoxy) is 2. The molecule has 0 fully saturated rings. The van der Waals surface area contributed by atoms with E-state index in [0.29, 0.717) is 11.5 Å². The summed E-state index contributed by atoms with van der Waals surface area (Å²) < 4.78 is 12.6. The highest BCUT2D eigenvalue weighted by molar-refractivity contribution is 6.01. The summed E-state index contributed by atoms with van der Waals surface area (Å²) in [6.45, 7) is 2.03. The number of rotatable bonds is 6. The normalized spacial score (nSPS) is 11.1. The number of hydrogen-bond acceptors (Lipinski definition) is 4. The average Bonchev–Trinajstić information content (AvgIpc) is 2.93. The van der Waals surface area contributed by atoms with Crippen molar-refractivity contribution >= 4 is 23.0 Å². The number of carbonyl (C=O) groups excluding carboxylic acids is 1. The van der Waals surface area contributed by atoms with E-state index in [1.807, 2.05) is 32.2 Å². The molecule has 0 saturated heterocycles. The lowest BCUT2D eigenvalue weighted by Crippen LogP contribution is -2.19. The molecule has 0 aliphatic heterocycles. The molecule has 1 N–H and O–H groups in total. The summed E-state index contributed by atoms with van der Waals surface area (Å²) in [5.41, 5.74) is 6.64. The molecule has 6 nitrogen and oxygen atoms in total. The van der Waals surface area contributed by atoms with E-state index in [9.17, 15) is 4.79 Å². The van der Waals surface area contributed by atoms with Crippen LogP contribution in [-0.2, 0) is 18.3 Å². The van der Waals surface area contributed by atoms with Gasteiger partial charge in [-0.3, -0.25) is 4.79 Å². The molecule has 3 rings (SSSR count). The van der Waals surface area contributed by atoms with Crippen LogP contribution in [0.15, 0.2) is 47.6 Å². The molecule has 1 heterocycles. The van der Waals surface area contributed by atoms with Crippen LogP contribution in [0.25, 0.3) is 10.9 Å². The van der Waals surface area contributed by atoms with Crippen molar-refractivity contribution in [3.05, 3.63) is 59.3 Å². The number of nitrogens with zero attached hydrogens (tertiary/aromatic N) is 2. The summed E-state index contributed by atoms with van der Waals surface area (Å²) in [4.78, 5) is 12.2. The number of hydrogen-bond donors (Lipinski definition) is 1. The van der Waals surface area contributed by atoms with Crippen molar-refractivity contribution in [3.63, 3.8) is 0 Å². The molecule has 1 aromatic heterocycles. The molecule has 0 spiro atoms. The smallest absolute Gasteiger partial charge is 0.244 e. The highest BCUT2D eigenvalue weighted by Crippen LogP contribution is 2.27. The van der Waals surface area contributed by atoms with E-state index in [4.69, 9.17) is 9.47 Å². The first-order valence-electron chi connectivity index (χ1n) is 8.62. The standard InChI is InChI=1S/C21H23N3O3/c1-14-17(16-7-5-6-8-18(16)24(14)2)13-22-23-21(25)12-15-9-10-19(26-3)20(11-15)27-4/h5-11,13H,12H2,1-4H3,(H,23,25)/b22-13-. The summed E-state index contributed by atoms with van der Waals surface area (Å²) >= 11 is 0. The number of fused-ring (bicyclic) bond motifs is 1. The minimum absolute atomic E-state index is 0.198. The summed E-state index contributed by atoms with van der Waals surface area (Å²) in [5.74, 6) is 1.03. The zero-order chi connectivity index (χ0) is 19.4. The summed E-state index contributed by atoms with van der Waals surface area (Å²) in [6.07, 6.45) is 1.90. The quantitative estimate of drug-likeness (QED) is 0.539. The number of hydrazone groups is 1. The average molecular weight is 365 g/mol. The van der Waals surface area contributed by atoms with Gasteiger partial charge in [0.25, 0.3) is 0 Å². The van der Waals surface area contributed by atoms with Crippen LogP contribution in [0, 0.1) is 6.92 Å². The molecule has 1 amide bonds. The van der Waals surface area contributed by atoms with Crippen LogP contribution in [0.1, 0.15) is 16.8 Å². The first-order valence-corrected chi connectivity index (χ1v) is 8.62. The van der Waals surface area contributed by atoms with Crippen molar-refractivity contribution in [2.75, 3.05) is 14.2 Å². The Morgan fingerprint density at radius 3 is 2.63 bits per heavy atom. The molecule has 140 valence electrons. The first-order chi connectivity index (χ1) is 13.0. The van der Waals surface area contributed by atoms with Gasteiger partial charge in [0.15, 0.2) is 11.5 Å². The van der Waals surface area contributed by atoms with Gasteiger partial charge in [-0.2, -0.15) is 5.10 Å². The van der Waals surface area contributed by atoms with Crippen LogP contribution in [0.4, 0.5) is 0 Å². The molecule has 0 saturated carbocycles. The monoisotopic (exact) mass is 365 g/mol. The fourth-order valence-electron chi connectivity index (χ4n) is 3.10. The van der Waals surface area contributed by atoms with Crippen LogP contribution >= 0.6 is 0 Å². The predicted molar refractivity (Wildman–Crippen MR) is 107 cm³/mol. The van der Waals surface area contributed by atoms with E-state index < -0.39 is 0 Å². The number of aryl methyl sites for hydroxylation is 1. The van der Waals surface area contributed by atoms with Crippen molar-refractivity contribution < 1.29 is 14.3 Å². The lowest BCUT2D eigenvalue weighted by atomic mass is 10.1. The second-order valence-electron chi connectivity index (χ2n) is 6.23. The van der Waals surface area contributed by atoms with Crippen molar-refractivity contribution in [1.29, 1.82) is 0 Å². The van der Waals surface area contributed by atoms with E-state index >= 15 is 0 Å². The van der Waals surface area contributed by atoms with Crippen LogP contribution in [0.5, 0.6) is 11.5 Å². The topological polar surface area (TPSA) is 64.8 Å². The number of aromatic nitrogens is 1. The Morgan fingerprint density at radius 1 is 1.15 bits per heavy atom. The predicted octanol–water partition coefficient (Wildman–Crippen LogP) is 3.20. The molecule has 0 atom stereocenters. The van der Waals surface area contributed by atoms with Gasteiger partial charge in [0, 0.05) is 29.2 Å². The third kappa shape index (κ3) is 3.79. The van der Waals surface area contributed by atoms with Gasteiger partial charge in [-0.25, -0.2) is 5.43 Å². The Balaban J connectivity index is 1.70. The lowest BCUT2D eigenvalue weighted by molar-refractivity contribution is -0.120. The maximum absolute atomic E-state index is 12.2. The van der Waals surface area contributed by atoms with Crippen LogP contribution < -0.4 is 14.9 Å². The number of benzene rings is 2. The summed E-state index contributed by atoms with van der Waals surface area (Å²) in [5, 5.41) is 5.25. The molecular weight excluding hydrogens is 342 g/mol. The number of nitrogens with one attached hydrogen (secondary N) is 1. The highest BCUT2D eigenvalue weighted by Gasteiger charge is 2.10. The highest BCUT2D eigenvalue weighted by atomic mass is 16.5. The van der Waals surface area contributed by atoms with Crippen molar-refractivity contribution in [2.45, 2.75) is 13.3 Å². The molecule has 27 heavy (non-hydrogen) atoms. The Bertz CT molecular complexity index is 1010. The fourth-order valence-corrected chi connectivity index (χ4v) is 3.10. The Hall–Kier alpha value is -3.28. The maximum Gasteiger partial charge on any atom is 0.244 e. The number of carbonyl (C=O) groups is 1. The molecule has 0 unspecified atom stereocenters. The van der Waals surface area contributed by atoms with Crippen LogP contribution in [-0.4, -0.2) is 30.9 Å². The Morgan fingerprint density at radius 2 is 1.89 bits per heavy atom. The minimum atomic E-state index is -0.198. The molecule has 6 heteroatoms. The third-order valence-corrected chi connectivity index (χ3v) is 4.64. The Labute approximate surface area is 158 Å². The molecule has 0 radical (unpaired) electrons. The molecule has 0 aliphatic carbocycles. The van der Waals surface area contributed by atoms with Gasteiger partial charge in [0.1, 0.15) is 0 Å². The zero-order valence-corrected chi connectivity index (χ0v) is 15.9. The zero-order valence-electron chi connectivity index (χ0n) is 15.9. The Kier molecular flexibility index (Phi) is 5.45. The molecule has 0 aliphatic rings. The maximum atomic E-state index is 12.2. The third-order valence-electron chi connectivity index (χ3n) is 4.64. The van der Waals surface area contributed by atoms with Crippen molar-refractivity contribution in [3.8, 4) is 11.5 Å². The number of para-hydroxylation sites is 1. The van der Waals surface area contributed by atoms with Gasteiger partial charge in [0.2, 0.25) is 5.91 Å². The summed E-state index contributed by atoms with van der Waals surface area (Å²) in [7, 11) is 5.16. The fraction of sp³-hybridized carbons (Fsp3) is 0.238. The van der Waals surface area contributed by atoms with Crippen molar-refractivity contribution in [1.82, 2.24) is 9.99 Å². The van der Waals surface area contributed by atoms with Crippen LogP contribution in [0.3, 0.4) is 0 Å². The van der Waals surface area contributed by atoms with Gasteiger partial charge in [0.05, 0.1) is 26.9 Å². The first kappa shape index (κ1) is 18.5. The van der Waals surface area contributed by atoms with E-state index in [0.717, 1.165) is 27.7 Å². The van der Waals surface area contributed by atoms with Gasteiger partial charge < -0.3 is 14.0 Å². The molecular formula is C21H23N3O3. The van der Waals surface area contributed by atoms with E-state index in [-0.39, 0.29) is 12.3 Å². The molecule has 2 aromatic carbocycles. The van der Waals surface area contributed by atoms with E-state index in [2.05, 4.69) is 27.2 Å². The van der Waals surface area contributed by atoms with Gasteiger partial charge in [-0.05, 0) is 30.7 Å². The minimum Gasteiger partial charge on any atom is -0.493 e. The van der Waals surface area contributed by atoms with E-state index in [1.165, 1.54) is 0 Å². The van der Waals surface area contributed by atoms with Gasteiger partial charge >= 0.3 is 0 Å².